The Morgan fingerprint density at radius 1 is 1.27 bits per heavy atom. The van der Waals surface area contributed by atoms with Gasteiger partial charge in [0.1, 0.15) is 5.60 Å². The summed E-state index contributed by atoms with van der Waals surface area (Å²) >= 11 is 0. The van der Waals surface area contributed by atoms with Gasteiger partial charge >= 0.3 is 5.97 Å². The number of likely N-dealkylation sites (tertiary alicyclic amines) is 1. The van der Waals surface area contributed by atoms with E-state index in [4.69, 9.17) is 4.74 Å². The van der Waals surface area contributed by atoms with E-state index >= 15 is 0 Å². The molecule has 22 heavy (non-hydrogen) atoms. The molecule has 1 aliphatic rings. The van der Waals surface area contributed by atoms with E-state index in [1.807, 2.05) is 39.0 Å². The Bertz CT molecular complexity index is 481. The van der Waals surface area contributed by atoms with Crippen LogP contribution in [0.2, 0.25) is 0 Å². The van der Waals surface area contributed by atoms with Crippen molar-refractivity contribution < 1.29 is 14.6 Å². The van der Waals surface area contributed by atoms with Crippen molar-refractivity contribution in [1.29, 1.82) is 0 Å². The summed E-state index contributed by atoms with van der Waals surface area (Å²) in [7, 11) is 0. The number of carbonyl (C=O) groups excluding carboxylic acids is 1. The van der Waals surface area contributed by atoms with Crippen molar-refractivity contribution in [2.45, 2.75) is 51.9 Å². The van der Waals surface area contributed by atoms with Crippen LogP contribution in [0.4, 0.5) is 0 Å². The van der Waals surface area contributed by atoms with Crippen LogP contribution in [0.5, 0.6) is 0 Å². The maximum absolute atomic E-state index is 12.0. The number of rotatable bonds is 4. The number of aliphatic hydroxyl groups is 1. The number of esters is 1. The minimum atomic E-state index is -0.450. The summed E-state index contributed by atoms with van der Waals surface area (Å²) in [5.74, 6) is -0.0198. The fraction of sp³-hybridized carbons (Fsp3) is 0.611. The number of piperidine rings is 1. The van der Waals surface area contributed by atoms with Crippen molar-refractivity contribution in [2.75, 3.05) is 13.1 Å². The number of hydrogen-bond acceptors (Lipinski definition) is 4. The van der Waals surface area contributed by atoms with Crippen LogP contribution in [0.1, 0.15) is 39.2 Å². The Morgan fingerprint density at radius 3 is 2.59 bits per heavy atom. The molecule has 1 N–H and O–H groups in total. The van der Waals surface area contributed by atoms with Crippen LogP contribution in [-0.4, -0.2) is 40.8 Å². The van der Waals surface area contributed by atoms with E-state index in [0.717, 1.165) is 13.1 Å². The second-order valence-corrected chi connectivity index (χ2v) is 7.23. The molecule has 0 radical (unpaired) electrons. The Hall–Kier alpha value is -1.39. The molecule has 0 aromatic heterocycles. The Labute approximate surface area is 133 Å². The molecule has 0 aliphatic carbocycles. The van der Waals surface area contributed by atoms with Gasteiger partial charge in [-0.15, -0.1) is 0 Å². The molecular formula is C18H27NO3. The molecule has 1 heterocycles. The second kappa shape index (κ2) is 7.25. The van der Waals surface area contributed by atoms with Gasteiger partial charge in [0.25, 0.3) is 0 Å². The Morgan fingerprint density at radius 2 is 1.95 bits per heavy atom. The molecule has 1 fully saturated rings. The topological polar surface area (TPSA) is 49.8 Å². The largest absolute Gasteiger partial charge is 0.460 e. The fourth-order valence-electron chi connectivity index (χ4n) is 3.01. The standard InChI is InChI=1S/C18H27NO3/c1-18(2,3)22-17(21)10-15-9-16(20)13-19(12-15)11-14-7-5-4-6-8-14/h4-8,15-16,20H,9-13H2,1-3H3/t15-,16-/m1/s1. The fourth-order valence-corrected chi connectivity index (χ4v) is 3.01. The molecule has 0 spiro atoms. The van der Waals surface area contributed by atoms with E-state index < -0.39 is 5.60 Å². The van der Waals surface area contributed by atoms with E-state index in [2.05, 4.69) is 17.0 Å². The average Bonchev–Trinajstić information content (AvgIpc) is 2.36. The third kappa shape index (κ3) is 5.78. The van der Waals surface area contributed by atoms with Gasteiger partial charge in [-0.05, 0) is 38.7 Å². The number of hydrogen-bond donors (Lipinski definition) is 1. The molecule has 122 valence electrons. The lowest BCUT2D eigenvalue weighted by Crippen LogP contribution is -2.43. The van der Waals surface area contributed by atoms with Crippen LogP contribution in [0, 0.1) is 5.92 Å². The van der Waals surface area contributed by atoms with Crippen LogP contribution in [0.15, 0.2) is 30.3 Å². The normalized spacial score (nSPS) is 23.3. The first-order chi connectivity index (χ1) is 10.3. The summed E-state index contributed by atoms with van der Waals surface area (Å²) < 4.78 is 5.39. The van der Waals surface area contributed by atoms with Crippen molar-refractivity contribution in [2.24, 2.45) is 5.92 Å². The number of ether oxygens (including phenoxy) is 1. The molecule has 1 aliphatic heterocycles. The molecule has 2 atom stereocenters. The van der Waals surface area contributed by atoms with E-state index in [1.165, 1.54) is 5.56 Å². The minimum absolute atomic E-state index is 0.155. The first-order valence-electron chi connectivity index (χ1n) is 7.98. The third-order valence-electron chi connectivity index (χ3n) is 3.72. The van der Waals surface area contributed by atoms with Crippen molar-refractivity contribution in [1.82, 2.24) is 4.90 Å². The first kappa shape index (κ1) is 17.0. The highest BCUT2D eigenvalue weighted by Gasteiger charge is 2.29. The molecule has 4 nitrogen and oxygen atoms in total. The summed E-state index contributed by atoms with van der Waals surface area (Å²) in [5.41, 5.74) is 0.779. The van der Waals surface area contributed by atoms with E-state index in [9.17, 15) is 9.90 Å². The van der Waals surface area contributed by atoms with Gasteiger partial charge < -0.3 is 9.84 Å². The summed E-state index contributed by atoms with van der Waals surface area (Å²) in [5, 5.41) is 10.1. The van der Waals surface area contributed by atoms with E-state index in [0.29, 0.717) is 19.4 Å². The zero-order valence-corrected chi connectivity index (χ0v) is 13.8. The second-order valence-electron chi connectivity index (χ2n) is 7.23. The summed E-state index contributed by atoms with van der Waals surface area (Å²) in [4.78, 5) is 14.2. The van der Waals surface area contributed by atoms with E-state index in [1.54, 1.807) is 0 Å². The summed E-state index contributed by atoms with van der Waals surface area (Å²) in [6.45, 7) is 7.93. The molecule has 0 unspecified atom stereocenters. The van der Waals surface area contributed by atoms with Gasteiger partial charge in [0.2, 0.25) is 0 Å². The predicted molar refractivity (Wildman–Crippen MR) is 86.3 cm³/mol. The summed E-state index contributed by atoms with van der Waals surface area (Å²) in [6.07, 6.45) is 0.675. The molecule has 4 heteroatoms. The van der Waals surface area contributed by atoms with Crippen molar-refractivity contribution in [3.05, 3.63) is 35.9 Å². The number of benzene rings is 1. The Balaban J connectivity index is 1.89. The van der Waals surface area contributed by atoms with E-state index in [-0.39, 0.29) is 18.0 Å². The number of β-amino-alcohol motifs (C(OH)–C–C–N with tert-alkyl or cyclic N) is 1. The first-order valence-corrected chi connectivity index (χ1v) is 7.98. The molecule has 1 aromatic rings. The van der Waals surface area contributed by atoms with Gasteiger partial charge in [-0.1, -0.05) is 30.3 Å². The lowest BCUT2D eigenvalue weighted by Gasteiger charge is -2.35. The van der Waals surface area contributed by atoms with Gasteiger partial charge in [-0.3, -0.25) is 9.69 Å². The van der Waals surface area contributed by atoms with Gasteiger partial charge in [-0.25, -0.2) is 0 Å². The molecule has 2 rings (SSSR count). The molecule has 0 bridgehead atoms. The highest BCUT2D eigenvalue weighted by atomic mass is 16.6. The summed E-state index contributed by atoms with van der Waals surface area (Å²) in [6, 6.07) is 10.2. The molecule has 1 aromatic carbocycles. The van der Waals surface area contributed by atoms with Gasteiger partial charge in [0.05, 0.1) is 6.10 Å². The van der Waals surface area contributed by atoms with Crippen LogP contribution < -0.4 is 0 Å². The number of aliphatic hydroxyl groups excluding tert-OH is 1. The third-order valence-corrected chi connectivity index (χ3v) is 3.72. The average molecular weight is 305 g/mol. The molecular weight excluding hydrogens is 278 g/mol. The molecule has 1 saturated heterocycles. The predicted octanol–water partition coefficient (Wildman–Crippen LogP) is 2.60. The van der Waals surface area contributed by atoms with Crippen molar-refractivity contribution in [3.63, 3.8) is 0 Å². The van der Waals surface area contributed by atoms with Crippen LogP contribution in [0.25, 0.3) is 0 Å². The van der Waals surface area contributed by atoms with Crippen LogP contribution in [-0.2, 0) is 16.1 Å². The number of carbonyl (C=O) groups is 1. The highest BCUT2D eigenvalue weighted by Crippen LogP contribution is 2.23. The lowest BCUT2D eigenvalue weighted by atomic mass is 9.92. The zero-order chi connectivity index (χ0) is 16.2. The zero-order valence-electron chi connectivity index (χ0n) is 13.8. The van der Waals surface area contributed by atoms with Crippen LogP contribution in [0.3, 0.4) is 0 Å². The van der Waals surface area contributed by atoms with Gasteiger partial charge in [-0.2, -0.15) is 0 Å². The Kier molecular flexibility index (Phi) is 5.59. The highest BCUT2D eigenvalue weighted by molar-refractivity contribution is 5.70. The van der Waals surface area contributed by atoms with Gasteiger partial charge in [0, 0.05) is 26.1 Å². The quantitative estimate of drug-likeness (QED) is 0.869. The maximum atomic E-state index is 12.0. The van der Waals surface area contributed by atoms with Gasteiger partial charge in [0.15, 0.2) is 0 Å². The minimum Gasteiger partial charge on any atom is -0.460 e. The smallest absolute Gasteiger partial charge is 0.306 e. The van der Waals surface area contributed by atoms with Crippen LogP contribution >= 0.6 is 0 Å². The maximum Gasteiger partial charge on any atom is 0.306 e. The monoisotopic (exact) mass is 305 g/mol. The SMILES string of the molecule is CC(C)(C)OC(=O)C[C@H]1C[C@@H](O)CN(Cc2ccccc2)C1. The number of nitrogens with zero attached hydrogens (tertiary/aromatic N) is 1. The van der Waals surface area contributed by atoms with Crippen molar-refractivity contribution in [3.8, 4) is 0 Å². The van der Waals surface area contributed by atoms with Crippen molar-refractivity contribution >= 4 is 5.97 Å². The molecule has 0 amide bonds. The molecule has 0 saturated carbocycles. The lowest BCUT2D eigenvalue weighted by molar-refractivity contribution is -0.156.